The summed E-state index contributed by atoms with van der Waals surface area (Å²) in [7, 11) is 2.19. The highest BCUT2D eigenvalue weighted by Gasteiger charge is 2.21. The molecular weight excluding hydrogens is 276 g/mol. The molecule has 1 aliphatic heterocycles. The molecule has 2 aromatic rings. The summed E-state index contributed by atoms with van der Waals surface area (Å²) < 4.78 is 0. The van der Waals surface area contributed by atoms with Gasteiger partial charge in [0.1, 0.15) is 0 Å². The Morgan fingerprint density at radius 2 is 2.05 bits per heavy atom. The van der Waals surface area contributed by atoms with Crippen LogP contribution in [0.1, 0.15) is 30.0 Å². The van der Waals surface area contributed by atoms with E-state index in [4.69, 9.17) is 5.11 Å². The summed E-state index contributed by atoms with van der Waals surface area (Å²) in [5, 5.41) is 8.37. The van der Waals surface area contributed by atoms with Crippen molar-refractivity contribution in [3.8, 4) is 0 Å². The van der Waals surface area contributed by atoms with Crippen LogP contribution in [0.15, 0.2) is 54.9 Å². The third-order valence-corrected chi connectivity index (χ3v) is 3.79. The molecule has 0 aliphatic carbocycles. The fourth-order valence-electron chi connectivity index (χ4n) is 2.67. The summed E-state index contributed by atoms with van der Waals surface area (Å²) >= 11 is 0. The van der Waals surface area contributed by atoms with Gasteiger partial charge in [-0.25, -0.2) is 0 Å². The number of carbonyl (C=O) groups is 1. The molecule has 1 aromatic heterocycles. The normalized spacial score (nSPS) is 17.6. The van der Waals surface area contributed by atoms with Gasteiger partial charge in [-0.05, 0) is 43.6 Å². The Kier molecular flexibility index (Phi) is 6.10. The summed E-state index contributed by atoms with van der Waals surface area (Å²) in [4.78, 5) is 16.7. The van der Waals surface area contributed by atoms with Crippen molar-refractivity contribution in [2.24, 2.45) is 0 Å². The number of carboxylic acids is 1. The Labute approximate surface area is 131 Å². The topological polar surface area (TPSA) is 53.4 Å². The zero-order chi connectivity index (χ0) is 15.8. The smallest absolute Gasteiger partial charge is 0.307 e. The van der Waals surface area contributed by atoms with E-state index in [-0.39, 0.29) is 6.42 Å². The highest BCUT2D eigenvalue weighted by molar-refractivity contribution is 5.70. The van der Waals surface area contributed by atoms with Crippen LogP contribution < -0.4 is 0 Å². The maximum absolute atomic E-state index is 10.2. The quantitative estimate of drug-likeness (QED) is 0.945. The summed E-state index contributed by atoms with van der Waals surface area (Å²) in [6, 6.07) is 13.9. The summed E-state index contributed by atoms with van der Waals surface area (Å²) in [6.45, 7) is 1.22. The molecule has 0 spiro atoms. The van der Waals surface area contributed by atoms with Crippen molar-refractivity contribution in [2.75, 3.05) is 13.6 Å². The molecule has 1 aromatic carbocycles. The van der Waals surface area contributed by atoms with E-state index in [1.165, 1.54) is 24.9 Å². The molecule has 1 aliphatic rings. The molecule has 0 amide bonds. The van der Waals surface area contributed by atoms with Gasteiger partial charge in [0.15, 0.2) is 0 Å². The summed E-state index contributed by atoms with van der Waals surface area (Å²) in [5.74, 6) is -0.786. The molecule has 1 fully saturated rings. The molecule has 22 heavy (non-hydrogen) atoms. The number of hydrogen-bond acceptors (Lipinski definition) is 3. The van der Waals surface area contributed by atoms with E-state index in [1.807, 2.05) is 36.7 Å². The second kappa shape index (κ2) is 8.29. The van der Waals surface area contributed by atoms with Gasteiger partial charge in [-0.15, -0.1) is 0 Å². The van der Waals surface area contributed by atoms with Crippen molar-refractivity contribution in [3.63, 3.8) is 0 Å². The van der Waals surface area contributed by atoms with Crippen molar-refractivity contribution >= 4 is 5.97 Å². The minimum atomic E-state index is -0.786. The second-order valence-corrected chi connectivity index (χ2v) is 5.48. The zero-order valence-corrected chi connectivity index (χ0v) is 12.9. The average Bonchev–Trinajstić information content (AvgIpc) is 2.95. The number of aliphatic carboxylic acids is 1. The van der Waals surface area contributed by atoms with Crippen LogP contribution in [0.4, 0.5) is 0 Å². The van der Waals surface area contributed by atoms with Crippen molar-refractivity contribution in [3.05, 3.63) is 66.0 Å². The van der Waals surface area contributed by atoms with E-state index in [0.717, 1.165) is 5.56 Å². The molecule has 4 heteroatoms. The van der Waals surface area contributed by atoms with Crippen LogP contribution in [-0.4, -0.2) is 34.6 Å². The first-order valence-electron chi connectivity index (χ1n) is 7.52. The van der Waals surface area contributed by atoms with Crippen LogP contribution in [0.3, 0.4) is 0 Å². The van der Waals surface area contributed by atoms with E-state index in [2.05, 4.69) is 23.0 Å². The first kappa shape index (κ1) is 16.2. The second-order valence-electron chi connectivity index (χ2n) is 5.48. The van der Waals surface area contributed by atoms with Crippen molar-refractivity contribution in [1.82, 2.24) is 9.88 Å². The minimum absolute atomic E-state index is 0.112. The Bertz CT molecular complexity index is 572. The lowest BCUT2D eigenvalue weighted by atomic mass is 10.1. The van der Waals surface area contributed by atoms with Gasteiger partial charge < -0.3 is 5.11 Å². The standard InChI is InChI=1S/C10H14N2.C8H8O2/c1-12-7-3-5-10(12)9-4-2-6-11-8-9;9-8(10)6-7-4-2-1-3-5-7/h2,4,6,8,10H,3,5,7H2,1H3;1-5H,6H2,(H,9,10)/t10-;/m0./s1. The molecule has 0 bridgehead atoms. The fourth-order valence-corrected chi connectivity index (χ4v) is 2.67. The predicted octanol–water partition coefficient (Wildman–Crippen LogP) is 3.16. The van der Waals surface area contributed by atoms with Gasteiger partial charge >= 0.3 is 5.97 Å². The third kappa shape index (κ3) is 4.97. The Balaban J connectivity index is 0.000000164. The maximum Gasteiger partial charge on any atom is 0.307 e. The lowest BCUT2D eigenvalue weighted by Crippen LogP contribution is -2.17. The Hall–Kier alpha value is -2.20. The van der Waals surface area contributed by atoms with Crippen LogP contribution in [0.5, 0.6) is 0 Å². The average molecular weight is 298 g/mol. The lowest BCUT2D eigenvalue weighted by Gasteiger charge is -2.18. The van der Waals surface area contributed by atoms with Crippen molar-refractivity contribution in [1.29, 1.82) is 0 Å². The summed E-state index contributed by atoms with van der Waals surface area (Å²) in [5.41, 5.74) is 2.20. The molecule has 1 saturated heterocycles. The first-order valence-corrected chi connectivity index (χ1v) is 7.52. The van der Waals surface area contributed by atoms with Crippen molar-refractivity contribution < 1.29 is 9.90 Å². The largest absolute Gasteiger partial charge is 0.481 e. The SMILES string of the molecule is CN1CCC[C@H]1c1cccnc1.O=C(O)Cc1ccccc1. The monoisotopic (exact) mass is 298 g/mol. The number of hydrogen-bond donors (Lipinski definition) is 1. The number of rotatable bonds is 3. The molecule has 2 heterocycles. The number of carboxylic acid groups (broad SMARTS) is 1. The lowest BCUT2D eigenvalue weighted by molar-refractivity contribution is -0.136. The first-order chi connectivity index (χ1) is 10.7. The third-order valence-electron chi connectivity index (χ3n) is 3.79. The van der Waals surface area contributed by atoms with Crippen LogP contribution in [-0.2, 0) is 11.2 Å². The highest BCUT2D eigenvalue weighted by atomic mass is 16.4. The van der Waals surface area contributed by atoms with E-state index in [9.17, 15) is 4.79 Å². The van der Waals surface area contributed by atoms with Crippen LogP contribution >= 0.6 is 0 Å². The van der Waals surface area contributed by atoms with Gasteiger partial charge in [0.25, 0.3) is 0 Å². The molecule has 0 saturated carbocycles. The van der Waals surface area contributed by atoms with Crippen LogP contribution in [0, 0.1) is 0 Å². The highest BCUT2D eigenvalue weighted by Crippen LogP contribution is 2.29. The summed E-state index contributed by atoms with van der Waals surface area (Å²) in [6.07, 6.45) is 6.52. The van der Waals surface area contributed by atoms with Gasteiger partial charge in [0, 0.05) is 18.4 Å². The van der Waals surface area contributed by atoms with E-state index >= 15 is 0 Å². The molecule has 0 unspecified atom stereocenters. The minimum Gasteiger partial charge on any atom is -0.481 e. The van der Waals surface area contributed by atoms with Crippen LogP contribution in [0.2, 0.25) is 0 Å². The molecular formula is C18H22N2O2. The Morgan fingerprint density at radius 1 is 1.27 bits per heavy atom. The number of aromatic nitrogens is 1. The van der Waals surface area contributed by atoms with Gasteiger partial charge in [0.2, 0.25) is 0 Å². The van der Waals surface area contributed by atoms with Gasteiger partial charge in [-0.2, -0.15) is 0 Å². The number of benzene rings is 1. The predicted molar refractivity (Wildman–Crippen MR) is 86.6 cm³/mol. The van der Waals surface area contributed by atoms with E-state index in [1.54, 1.807) is 12.1 Å². The molecule has 116 valence electrons. The molecule has 0 radical (unpaired) electrons. The van der Waals surface area contributed by atoms with Gasteiger partial charge in [0.05, 0.1) is 6.42 Å². The fraction of sp³-hybridized carbons (Fsp3) is 0.333. The number of pyridine rings is 1. The van der Waals surface area contributed by atoms with Crippen LogP contribution in [0.25, 0.3) is 0 Å². The van der Waals surface area contributed by atoms with E-state index < -0.39 is 5.97 Å². The van der Waals surface area contributed by atoms with Gasteiger partial charge in [-0.1, -0.05) is 36.4 Å². The van der Waals surface area contributed by atoms with Crippen molar-refractivity contribution in [2.45, 2.75) is 25.3 Å². The molecule has 1 atom stereocenters. The number of nitrogens with zero attached hydrogens (tertiary/aromatic N) is 2. The Morgan fingerprint density at radius 3 is 2.59 bits per heavy atom. The van der Waals surface area contributed by atoms with E-state index in [0.29, 0.717) is 6.04 Å². The zero-order valence-electron chi connectivity index (χ0n) is 12.9. The molecule has 4 nitrogen and oxygen atoms in total. The maximum atomic E-state index is 10.2. The molecule has 1 N–H and O–H groups in total. The molecule has 3 rings (SSSR count). The number of likely N-dealkylation sites (tertiary alicyclic amines) is 1. The van der Waals surface area contributed by atoms with Gasteiger partial charge in [-0.3, -0.25) is 14.7 Å².